The highest BCUT2D eigenvalue weighted by Gasteiger charge is 2.52. The van der Waals surface area contributed by atoms with Crippen molar-refractivity contribution in [2.24, 2.45) is 13.0 Å². The van der Waals surface area contributed by atoms with Crippen LogP contribution in [0.5, 0.6) is 17.5 Å². The minimum Gasteiger partial charge on any atom is -0.490 e. The van der Waals surface area contributed by atoms with E-state index in [4.69, 9.17) is 33.6 Å². The lowest BCUT2D eigenvalue weighted by Gasteiger charge is -2.41. The van der Waals surface area contributed by atoms with Crippen LogP contribution in [0, 0.1) is 12.8 Å². The van der Waals surface area contributed by atoms with Crippen LogP contribution in [0.15, 0.2) is 109 Å². The van der Waals surface area contributed by atoms with Crippen molar-refractivity contribution in [3.8, 4) is 28.8 Å². The number of hydrogen-bond acceptors (Lipinski definition) is 9. The number of ether oxygens (including phenoxy) is 3. The van der Waals surface area contributed by atoms with Crippen LogP contribution in [0.25, 0.3) is 22.2 Å². The summed E-state index contributed by atoms with van der Waals surface area (Å²) in [6.07, 6.45) is -0.299. The van der Waals surface area contributed by atoms with Gasteiger partial charge < -0.3 is 28.4 Å². The lowest BCUT2D eigenvalue weighted by molar-refractivity contribution is -0.187. The molecule has 1 aliphatic carbocycles. The fraction of sp³-hybridized carbons (Fsp3) is 0.444. The van der Waals surface area contributed by atoms with Crippen molar-refractivity contribution in [3.63, 3.8) is 0 Å². The molecule has 14 heteroatoms. The highest BCUT2D eigenvalue weighted by molar-refractivity contribution is 6.62. The first-order valence-corrected chi connectivity index (χ1v) is 24.1. The van der Waals surface area contributed by atoms with E-state index < -0.39 is 30.5 Å². The number of fused-ring (bicyclic) bond motifs is 1. The van der Waals surface area contributed by atoms with E-state index in [1.54, 1.807) is 4.90 Å². The van der Waals surface area contributed by atoms with E-state index in [9.17, 15) is 13.2 Å². The number of halogens is 3. The predicted octanol–water partition coefficient (Wildman–Crippen LogP) is 10.9. The Morgan fingerprint density at radius 2 is 1.41 bits per heavy atom. The number of anilines is 1. The number of aromatic nitrogens is 3. The maximum absolute atomic E-state index is 14.8. The monoisotopic (exact) mass is 929 g/mol. The van der Waals surface area contributed by atoms with Crippen LogP contribution < -0.4 is 24.6 Å². The normalized spacial score (nSPS) is 20.1. The quantitative estimate of drug-likeness (QED) is 0.0935. The molecule has 4 aromatic carbocycles. The minimum atomic E-state index is -4.31. The molecule has 0 bridgehead atoms. The van der Waals surface area contributed by atoms with Crippen LogP contribution in [0.3, 0.4) is 0 Å². The largest absolute Gasteiger partial charge is 0.495 e. The zero-order chi connectivity index (χ0) is 47.6. The van der Waals surface area contributed by atoms with Gasteiger partial charge in [0.25, 0.3) is 0 Å². The van der Waals surface area contributed by atoms with Gasteiger partial charge in [-0.1, -0.05) is 72.8 Å². The van der Waals surface area contributed by atoms with E-state index in [1.165, 1.54) is 0 Å². The maximum Gasteiger partial charge on any atom is 0.495 e. The molecule has 68 heavy (non-hydrogen) atoms. The summed E-state index contributed by atoms with van der Waals surface area (Å²) < 4.78 is 77.8. The molecule has 358 valence electrons. The third kappa shape index (κ3) is 10.5. The van der Waals surface area contributed by atoms with Crippen molar-refractivity contribution in [2.45, 2.75) is 116 Å². The zero-order valence-electron chi connectivity index (χ0n) is 40.1. The third-order valence-corrected chi connectivity index (χ3v) is 14.6. The zero-order valence-corrected chi connectivity index (χ0v) is 40.1. The van der Waals surface area contributed by atoms with Crippen LogP contribution in [0.2, 0.25) is 0 Å². The number of alkyl halides is 3. The summed E-state index contributed by atoms with van der Waals surface area (Å²) in [5, 5.41) is 5.86. The van der Waals surface area contributed by atoms with Crippen LogP contribution in [0.4, 0.5) is 18.9 Å². The molecule has 9 rings (SSSR count). The van der Waals surface area contributed by atoms with Gasteiger partial charge in [-0.25, -0.2) is 0 Å². The van der Waals surface area contributed by atoms with Crippen LogP contribution in [-0.4, -0.2) is 82.5 Å². The van der Waals surface area contributed by atoms with Gasteiger partial charge in [-0.05, 0) is 132 Å². The number of benzene rings is 4. The van der Waals surface area contributed by atoms with Gasteiger partial charge >= 0.3 is 13.3 Å². The van der Waals surface area contributed by atoms with Gasteiger partial charge in [-0.3, -0.25) is 9.58 Å². The molecule has 3 fully saturated rings. The second-order valence-corrected chi connectivity index (χ2v) is 19.7. The first-order chi connectivity index (χ1) is 32.6. The van der Waals surface area contributed by atoms with Crippen molar-refractivity contribution in [1.82, 2.24) is 19.7 Å². The molecule has 4 heterocycles. The van der Waals surface area contributed by atoms with Crippen molar-refractivity contribution in [1.29, 1.82) is 0 Å². The molecule has 0 amide bonds. The Kier molecular flexibility index (Phi) is 13.8. The summed E-state index contributed by atoms with van der Waals surface area (Å²) in [5.74, 6) is 1.90. The maximum atomic E-state index is 14.8. The SMILES string of the molecule is Cc1c(OC2CCC(CC[C@@H](N3CCN(c4ccc5c(-c6ccc(OCc7ccccc7)nc6OCc6ccccc6)nn(C)c5c4)CC3)C(F)(F)F)CC2)cccc1B1OC(C)(C)C(C)(C)O1. The summed E-state index contributed by atoms with van der Waals surface area (Å²) in [6, 6.07) is 34.3. The number of hydrogen-bond donors (Lipinski definition) is 0. The topological polar surface area (TPSA) is 83.3 Å². The molecule has 6 aromatic rings. The smallest absolute Gasteiger partial charge is 0.490 e. The van der Waals surface area contributed by atoms with Crippen LogP contribution in [-0.2, 0) is 29.6 Å². The fourth-order valence-electron chi connectivity index (χ4n) is 9.83. The number of rotatable bonds is 15. The van der Waals surface area contributed by atoms with E-state index in [0.717, 1.165) is 81.4 Å². The van der Waals surface area contributed by atoms with E-state index >= 15 is 0 Å². The van der Waals surface area contributed by atoms with E-state index in [1.807, 2.05) is 149 Å². The van der Waals surface area contributed by atoms with Gasteiger partial charge in [-0.2, -0.15) is 23.3 Å². The Bertz CT molecular complexity index is 2630. The molecule has 2 aliphatic heterocycles. The van der Waals surface area contributed by atoms with E-state index in [-0.39, 0.29) is 18.4 Å². The van der Waals surface area contributed by atoms with Crippen molar-refractivity contribution in [2.75, 3.05) is 31.1 Å². The second kappa shape index (κ2) is 19.8. The molecule has 3 aliphatic rings. The number of piperazine rings is 1. The van der Waals surface area contributed by atoms with Gasteiger partial charge in [0.15, 0.2) is 0 Å². The summed E-state index contributed by atoms with van der Waals surface area (Å²) >= 11 is 0. The molecule has 2 aromatic heterocycles. The van der Waals surface area contributed by atoms with E-state index in [0.29, 0.717) is 57.6 Å². The molecule has 0 unspecified atom stereocenters. The molecule has 1 saturated carbocycles. The van der Waals surface area contributed by atoms with Gasteiger partial charge in [0.1, 0.15) is 30.7 Å². The Morgan fingerprint density at radius 1 is 0.765 bits per heavy atom. The summed E-state index contributed by atoms with van der Waals surface area (Å²) in [5.41, 5.74) is 6.40. The fourth-order valence-corrected chi connectivity index (χ4v) is 9.83. The van der Waals surface area contributed by atoms with Crippen molar-refractivity contribution < 1.29 is 36.7 Å². The molecule has 10 nitrogen and oxygen atoms in total. The summed E-state index contributed by atoms with van der Waals surface area (Å²) in [4.78, 5) is 8.64. The third-order valence-electron chi connectivity index (χ3n) is 14.6. The Hall–Kier alpha value is -5.57. The molecule has 0 N–H and O–H groups in total. The van der Waals surface area contributed by atoms with Gasteiger partial charge in [0.2, 0.25) is 11.8 Å². The summed E-state index contributed by atoms with van der Waals surface area (Å²) in [6.45, 7) is 12.5. The summed E-state index contributed by atoms with van der Waals surface area (Å²) in [7, 11) is 1.43. The lowest BCUT2D eigenvalue weighted by Crippen LogP contribution is -2.55. The van der Waals surface area contributed by atoms with Crippen LogP contribution in [0.1, 0.15) is 82.9 Å². The Morgan fingerprint density at radius 3 is 2.06 bits per heavy atom. The molecule has 2 saturated heterocycles. The Balaban J connectivity index is 0.809. The number of aryl methyl sites for hydroxylation is 1. The highest BCUT2D eigenvalue weighted by atomic mass is 19.4. The minimum absolute atomic E-state index is 0.0209. The Labute approximate surface area is 398 Å². The first-order valence-electron chi connectivity index (χ1n) is 24.1. The predicted molar refractivity (Wildman–Crippen MR) is 262 cm³/mol. The van der Waals surface area contributed by atoms with Crippen molar-refractivity contribution >= 4 is 29.2 Å². The number of nitrogens with zero attached hydrogens (tertiary/aromatic N) is 5. The van der Waals surface area contributed by atoms with Crippen molar-refractivity contribution in [3.05, 3.63) is 126 Å². The molecule has 1 atom stereocenters. The average Bonchev–Trinajstić information content (AvgIpc) is 3.77. The molecule has 0 spiro atoms. The highest BCUT2D eigenvalue weighted by Crippen LogP contribution is 2.40. The van der Waals surface area contributed by atoms with Gasteiger partial charge in [0.05, 0.1) is 28.4 Å². The molecular formula is C54H63BF3N5O5. The molecular weight excluding hydrogens is 866 g/mol. The standard InChI is InChI=1S/C54H63BF3N5O5/c1-37-45(55-67-52(2,3)53(4,5)68-55)18-13-19-47(37)66-42-24-20-38(21-25-42)22-28-48(54(56,57)58)63-32-30-62(31-33-63)41-23-26-43-46(34-41)61(6)60-50(43)44-27-29-49(64-35-39-14-9-7-10-15-39)59-51(44)65-36-40-16-11-8-12-17-40/h7-19,23,26-27,29,34,38,42,48H,20-22,24-25,28,30-33,35-36H2,1-6H3/t38?,42?,48-/m1/s1. The lowest BCUT2D eigenvalue weighted by atomic mass is 9.76. The van der Waals surface area contributed by atoms with Crippen LogP contribution >= 0.6 is 0 Å². The average molecular weight is 930 g/mol. The van der Waals surface area contributed by atoms with E-state index in [2.05, 4.69) is 11.0 Å². The first kappa shape index (κ1) is 47.5. The second-order valence-electron chi connectivity index (χ2n) is 19.7. The number of pyridine rings is 1. The molecule has 0 radical (unpaired) electrons. The van der Waals surface area contributed by atoms with Gasteiger partial charge in [0, 0.05) is 50.4 Å². The van der Waals surface area contributed by atoms with Gasteiger partial charge in [-0.15, -0.1) is 0 Å².